The maximum absolute atomic E-state index is 13.5. The highest BCUT2D eigenvalue weighted by Crippen LogP contribution is 2.19. The van der Waals surface area contributed by atoms with Crippen LogP contribution < -0.4 is 5.32 Å². The van der Waals surface area contributed by atoms with E-state index in [1.54, 1.807) is 22.9 Å². The van der Waals surface area contributed by atoms with Gasteiger partial charge in [0.1, 0.15) is 5.82 Å². The third-order valence-electron chi connectivity index (χ3n) is 2.54. The average Bonchev–Trinajstić information content (AvgIpc) is 2.81. The van der Waals surface area contributed by atoms with Gasteiger partial charge in [-0.2, -0.15) is 0 Å². The van der Waals surface area contributed by atoms with Crippen molar-refractivity contribution in [2.75, 3.05) is 7.05 Å². The average molecular weight is 236 g/mol. The Kier molecular flexibility index (Phi) is 3.64. The third kappa shape index (κ3) is 2.46. The molecule has 1 N–H and O–H groups in total. The van der Waals surface area contributed by atoms with Gasteiger partial charge < -0.3 is 5.32 Å². The molecular weight excluding hydrogens is 223 g/mol. The lowest BCUT2D eigenvalue weighted by Crippen LogP contribution is -2.19. The van der Waals surface area contributed by atoms with E-state index in [1.165, 1.54) is 6.07 Å². The van der Waals surface area contributed by atoms with Crippen molar-refractivity contribution in [1.29, 1.82) is 0 Å². The summed E-state index contributed by atoms with van der Waals surface area (Å²) in [6.45, 7) is 0. The second-order valence-electron chi connectivity index (χ2n) is 3.55. The summed E-state index contributed by atoms with van der Waals surface area (Å²) in [5, 5.41) is 5.15. The maximum atomic E-state index is 13.5. The Morgan fingerprint density at radius 2 is 2.25 bits per heavy atom. The fourth-order valence-electron chi connectivity index (χ4n) is 1.63. The van der Waals surface area contributed by atoms with E-state index in [4.69, 9.17) is 0 Å². The number of nitrogens with one attached hydrogen (secondary N) is 1. The zero-order valence-corrected chi connectivity index (χ0v) is 9.80. The Morgan fingerprint density at radius 3 is 2.88 bits per heavy atom. The third-order valence-corrected chi connectivity index (χ3v) is 3.14. The van der Waals surface area contributed by atoms with Crippen LogP contribution in [0.5, 0.6) is 0 Å². The lowest BCUT2D eigenvalue weighted by molar-refractivity contribution is 0.547. The van der Waals surface area contributed by atoms with Crippen LogP contribution in [0, 0.1) is 5.82 Å². The van der Waals surface area contributed by atoms with Crippen molar-refractivity contribution in [2.24, 2.45) is 0 Å². The van der Waals surface area contributed by atoms with Crippen molar-refractivity contribution in [3.05, 3.63) is 52.2 Å². The van der Waals surface area contributed by atoms with Crippen LogP contribution in [0.1, 0.15) is 17.3 Å². The first-order chi connectivity index (χ1) is 7.81. The molecule has 1 aromatic heterocycles. The largest absolute Gasteiger partial charge is 0.311 e. The number of hydrogen-bond donors (Lipinski definition) is 1. The topological polar surface area (TPSA) is 24.9 Å². The van der Waals surface area contributed by atoms with E-state index in [9.17, 15) is 4.39 Å². The predicted octanol–water partition coefficient (Wildman–Crippen LogP) is 2.79. The van der Waals surface area contributed by atoms with E-state index in [-0.39, 0.29) is 11.9 Å². The summed E-state index contributed by atoms with van der Waals surface area (Å²) in [5.41, 5.74) is 3.48. The molecule has 16 heavy (non-hydrogen) atoms. The molecule has 1 heterocycles. The van der Waals surface area contributed by atoms with Gasteiger partial charge >= 0.3 is 0 Å². The van der Waals surface area contributed by atoms with Gasteiger partial charge in [-0.15, -0.1) is 11.3 Å². The van der Waals surface area contributed by atoms with E-state index in [2.05, 4.69) is 10.3 Å². The van der Waals surface area contributed by atoms with Crippen LogP contribution in [-0.2, 0) is 6.42 Å². The number of thiazole rings is 1. The Hall–Kier alpha value is -1.26. The summed E-state index contributed by atoms with van der Waals surface area (Å²) in [5.74, 6) is -0.155. The lowest BCUT2D eigenvalue weighted by atomic mass is 10.0. The molecule has 0 saturated carbocycles. The Morgan fingerprint density at radius 1 is 1.44 bits per heavy atom. The van der Waals surface area contributed by atoms with Crippen molar-refractivity contribution in [3.8, 4) is 0 Å². The molecule has 0 aliphatic heterocycles. The molecule has 4 heteroatoms. The molecule has 0 radical (unpaired) electrons. The summed E-state index contributed by atoms with van der Waals surface area (Å²) in [7, 11) is 1.87. The standard InChI is InChI=1S/C12H13FN2S/c1-14-11(12-7-16-8-15-12)6-9-4-2-3-5-10(9)13/h2-5,7-8,11,14H,6H2,1H3. The van der Waals surface area contributed by atoms with Gasteiger partial charge in [-0.25, -0.2) is 9.37 Å². The van der Waals surface area contributed by atoms with Crippen LogP contribution in [0.3, 0.4) is 0 Å². The monoisotopic (exact) mass is 236 g/mol. The van der Waals surface area contributed by atoms with Gasteiger partial charge in [0.25, 0.3) is 0 Å². The predicted molar refractivity (Wildman–Crippen MR) is 64.0 cm³/mol. The highest BCUT2D eigenvalue weighted by molar-refractivity contribution is 7.07. The summed E-state index contributed by atoms with van der Waals surface area (Å²) < 4.78 is 13.5. The fraction of sp³-hybridized carbons (Fsp3) is 0.250. The molecule has 2 rings (SSSR count). The molecule has 1 atom stereocenters. The highest BCUT2D eigenvalue weighted by atomic mass is 32.1. The van der Waals surface area contributed by atoms with E-state index in [1.807, 2.05) is 24.6 Å². The zero-order valence-electron chi connectivity index (χ0n) is 8.98. The minimum absolute atomic E-state index is 0.0724. The van der Waals surface area contributed by atoms with Crippen LogP contribution in [-0.4, -0.2) is 12.0 Å². The van der Waals surface area contributed by atoms with Crippen LogP contribution >= 0.6 is 11.3 Å². The summed E-state index contributed by atoms with van der Waals surface area (Å²) in [4.78, 5) is 4.25. The van der Waals surface area contributed by atoms with Crippen molar-refractivity contribution >= 4 is 11.3 Å². The second kappa shape index (κ2) is 5.18. The molecule has 0 aliphatic carbocycles. The van der Waals surface area contributed by atoms with Gasteiger partial charge in [-0.05, 0) is 25.1 Å². The molecule has 0 bridgehead atoms. The fourth-order valence-corrected chi connectivity index (χ4v) is 2.24. The Balaban J connectivity index is 2.17. The van der Waals surface area contributed by atoms with Crippen molar-refractivity contribution in [2.45, 2.75) is 12.5 Å². The molecule has 84 valence electrons. The number of rotatable bonds is 4. The van der Waals surface area contributed by atoms with E-state index in [0.717, 1.165) is 11.3 Å². The van der Waals surface area contributed by atoms with Crippen LogP contribution in [0.25, 0.3) is 0 Å². The first-order valence-corrected chi connectivity index (χ1v) is 6.04. The first kappa shape index (κ1) is 11.2. The van der Waals surface area contributed by atoms with Crippen molar-refractivity contribution in [3.63, 3.8) is 0 Å². The van der Waals surface area contributed by atoms with E-state index < -0.39 is 0 Å². The minimum atomic E-state index is -0.155. The van der Waals surface area contributed by atoms with Gasteiger partial charge in [0.05, 0.1) is 17.2 Å². The van der Waals surface area contributed by atoms with Gasteiger partial charge in [0.15, 0.2) is 0 Å². The molecule has 0 fully saturated rings. The molecule has 1 aromatic carbocycles. The molecule has 1 unspecified atom stereocenters. The second-order valence-corrected chi connectivity index (χ2v) is 4.27. The van der Waals surface area contributed by atoms with Gasteiger partial charge in [-0.1, -0.05) is 18.2 Å². The SMILES string of the molecule is CNC(Cc1ccccc1F)c1cscn1. The quantitative estimate of drug-likeness (QED) is 0.883. The smallest absolute Gasteiger partial charge is 0.126 e. The highest BCUT2D eigenvalue weighted by Gasteiger charge is 2.13. The van der Waals surface area contributed by atoms with Crippen molar-refractivity contribution in [1.82, 2.24) is 10.3 Å². The van der Waals surface area contributed by atoms with Gasteiger partial charge in [0.2, 0.25) is 0 Å². The summed E-state index contributed by atoms with van der Waals surface area (Å²) in [6.07, 6.45) is 0.618. The zero-order chi connectivity index (χ0) is 11.4. The molecule has 0 spiro atoms. The molecular formula is C12H13FN2S. The van der Waals surface area contributed by atoms with Gasteiger partial charge in [-0.3, -0.25) is 0 Å². The first-order valence-electron chi connectivity index (χ1n) is 5.10. The number of halogens is 1. The molecule has 0 amide bonds. The van der Waals surface area contributed by atoms with Crippen molar-refractivity contribution < 1.29 is 4.39 Å². The van der Waals surface area contributed by atoms with E-state index >= 15 is 0 Å². The number of nitrogens with zero attached hydrogens (tertiary/aromatic N) is 1. The van der Waals surface area contributed by atoms with Crippen LogP contribution in [0.15, 0.2) is 35.2 Å². The molecule has 0 saturated heterocycles. The number of likely N-dealkylation sites (N-methyl/N-ethyl adjacent to an activating group) is 1. The summed E-state index contributed by atoms with van der Waals surface area (Å²) in [6, 6.07) is 6.93. The lowest BCUT2D eigenvalue weighted by Gasteiger charge is -2.14. The minimum Gasteiger partial charge on any atom is -0.311 e. The molecule has 2 aromatic rings. The van der Waals surface area contributed by atoms with Crippen LogP contribution in [0.4, 0.5) is 4.39 Å². The summed E-state index contributed by atoms with van der Waals surface area (Å²) >= 11 is 1.55. The molecule has 0 aliphatic rings. The van der Waals surface area contributed by atoms with Crippen LogP contribution in [0.2, 0.25) is 0 Å². The Bertz CT molecular complexity index is 442. The number of benzene rings is 1. The Labute approximate surface area is 98.2 Å². The maximum Gasteiger partial charge on any atom is 0.126 e. The van der Waals surface area contributed by atoms with E-state index in [0.29, 0.717) is 6.42 Å². The van der Waals surface area contributed by atoms with Gasteiger partial charge in [0, 0.05) is 5.38 Å². The normalized spacial score (nSPS) is 12.6. The molecule has 2 nitrogen and oxygen atoms in total. The number of aromatic nitrogens is 1. The number of hydrogen-bond acceptors (Lipinski definition) is 3.